The lowest BCUT2D eigenvalue weighted by atomic mass is 10.0. The van der Waals surface area contributed by atoms with Crippen molar-refractivity contribution in [2.45, 2.75) is 19.8 Å². The third-order valence-electron chi connectivity index (χ3n) is 4.14. The number of para-hydroxylation sites is 1. The van der Waals surface area contributed by atoms with Gasteiger partial charge in [-0.2, -0.15) is 0 Å². The predicted octanol–water partition coefficient (Wildman–Crippen LogP) is 4.90. The van der Waals surface area contributed by atoms with Crippen LogP contribution in [0.4, 0.5) is 0 Å². The fraction of sp³-hybridized carbons (Fsp3) is 0.158. The lowest BCUT2D eigenvalue weighted by molar-refractivity contribution is 0.888. The molecule has 0 saturated carbocycles. The van der Waals surface area contributed by atoms with E-state index in [1.165, 1.54) is 33.4 Å². The summed E-state index contributed by atoms with van der Waals surface area (Å²) in [6.45, 7) is 2.13. The van der Waals surface area contributed by atoms with Crippen LogP contribution in [-0.2, 0) is 6.42 Å². The second-order valence-electron chi connectivity index (χ2n) is 5.49. The average Bonchev–Trinajstić information content (AvgIpc) is 2.83. The van der Waals surface area contributed by atoms with Crippen molar-refractivity contribution in [1.82, 2.24) is 4.57 Å². The topological polar surface area (TPSA) is 4.93 Å². The van der Waals surface area contributed by atoms with E-state index < -0.39 is 0 Å². The summed E-state index contributed by atoms with van der Waals surface area (Å²) in [5.74, 6) is 0. The van der Waals surface area contributed by atoms with Crippen molar-refractivity contribution in [3.05, 3.63) is 71.4 Å². The summed E-state index contributed by atoms with van der Waals surface area (Å²) in [6, 6.07) is 17.5. The number of fused-ring (bicyclic) bond motifs is 3. The van der Waals surface area contributed by atoms with Gasteiger partial charge >= 0.3 is 0 Å². The van der Waals surface area contributed by atoms with Crippen molar-refractivity contribution in [2.24, 2.45) is 0 Å². The molecule has 0 amide bonds. The molecular formula is C19H17N. The van der Waals surface area contributed by atoms with Crippen LogP contribution in [0.25, 0.3) is 22.7 Å². The van der Waals surface area contributed by atoms with Crippen LogP contribution in [0.5, 0.6) is 0 Å². The Bertz CT molecular complexity index is 804. The van der Waals surface area contributed by atoms with Crippen LogP contribution in [0.15, 0.2) is 54.6 Å². The number of hydrogen-bond donors (Lipinski definition) is 0. The molecule has 98 valence electrons. The molecule has 3 aromatic rings. The monoisotopic (exact) mass is 259 g/mol. The Morgan fingerprint density at radius 2 is 1.75 bits per heavy atom. The Hall–Kier alpha value is -2.28. The summed E-state index contributed by atoms with van der Waals surface area (Å²) in [5, 5.41) is 1.36. The number of nitrogens with zero attached hydrogens (tertiary/aromatic N) is 1. The van der Waals surface area contributed by atoms with Gasteiger partial charge in [-0.3, -0.25) is 0 Å². The fourth-order valence-corrected chi connectivity index (χ4v) is 3.16. The summed E-state index contributed by atoms with van der Waals surface area (Å²) in [4.78, 5) is 0. The van der Waals surface area contributed by atoms with Gasteiger partial charge in [0.05, 0.1) is 5.52 Å². The van der Waals surface area contributed by atoms with Crippen LogP contribution >= 0.6 is 0 Å². The van der Waals surface area contributed by atoms with E-state index in [4.69, 9.17) is 0 Å². The van der Waals surface area contributed by atoms with Gasteiger partial charge in [-0.25, -0.2) is 0 Å². The van der Waals surface area contributed by atoms with Crippen molar-refractivity contribution in [1.29, 1.82) is 0 Å². The minimum absolute atomic E-state index is 1.12. The molecule has 0 N–H and O–H groups in total. The molecular weight excluding hydrogens is 242 g/mol. The summed E-state index contributed by atoms with van der Waals surface area (Å²) in [7, 11) is 0. The van der Waals surface area contributed by atoms with Gasteiger partial charge in [-0.1, -0.05) is 48.0 Å². The first kappa shape index (κ1) is 11.5. The van der Waals surface area contributed by atoms with Gasteiger partial charge < -0.3 is 4.57 Å². The van der Waals surface area contributed by atoms with E-state index in [1.807, 2.05) is 0 Å². The molecule has 0 radical (unpaired) electrons. The zero-order valence-corrected chi connectivity index (χ0v) is 11.6. The zero-order chi connectivity index (χ0) is 13.5. The molecule has 0 atom stereocenters. The SMILES string of the molecule is Cc1ccc(-n2c3c(c4ccccc42)C=CCC3)cc1. The number of aromatic nitrogens is 1. The maximum atomic E-state index is 2.42. The van der Waals surface area contributed by atoms with E-state index in [2.05, 4.69) is 72.2 Å². The van der Waals surface area contributed by atoms with Crippen LogP contribution in [0.1, 0.15) is 23.2 Å². The first-order valence-electron chi connectivity index (χ1n) is 7.20. The highest BCUT2D eigenvalue weighted by Crippen LogP contribution is 2.33. The molecule has 1 heterocycles. The number of hydrogen-bond acceptors (Lipinski definition) is 0. The molecule has 1 nitrogen and oxygen atoms in total. The Morgan fingerprint density at radius 3 is 2.60 bits per heavy atom. The minimum Gasteiger partial charge on any atom is -0.313 e. The lowest BCUT2D eigenvalue weighted by Crippen LogP contribution is -2.02. The number of allylic oxidation sites excluding steroid dienone is 1. The molecule has 20 heavy (non-hydrogen) atoms. The highest BCUT2D eigenvalue weighted by molar-refractivity contribution is 5.93. The average molecular weight is 259 g/mol. The largest absolute Gasteiger partial charge is 0.313 e. The van der Waals surface area contributed by atoms with Gasteiger partial charge in [-0.05, 0) is 38.0 Å². The molecule has 1 aliphatic carbocycles. The number of aryl methyl sites for hydroxylation is 1. The molecule has 0 spiro atoms. The molecule has 0 bridgehead atoms. The van der Waals surface area contributed by atoms with Crippen molar-refractivity contribution in [2.75, 3.05) is 0 Å². The summed E-state index contributed by atoms with van der Waals surface area (Å²) in [5.41, 5.74) is 6.72. The van der Waals surface area contributed by atoms with Crippen LogP contribution in [0.3, 0.4) is 0 Å². The molecule has 4 rings (SSSR count). The molecule has 0 saturated heterocycles. The summed E-state index contributed by atoms with van der Waals surface area (Å²) in [6.07, 6.45) is 6.82. The Labute approximate surface area is 119 Å². The highest BCUT2D eigenvalue weighted by atomic mass is 15.0. The quantitative estimate of drug-likeness (QED) is 0.586. The fourth-order valence-electron chi connectivity index (χ4n) is 3.16. The standard InChI is InChI=1S/C19H17N/c1-14-10-12-15(13-11-14)20-18-8-4-2-6-16(18)17-7-3-5-9-19(17)20/h2-4,6-8,10-13H,5,9H2,1H3. The van der Waals surface area contributed by atoms with Gasteiger partial charge in [0.1, 0.15) is 0 Å². The van der Waals surface area contributed by atoms with Gasteiger partial charge in [-0.15, -0.1) is 0 Å². The second kappa shape index (κ2) is 4.38. The van der Waals surface area contributed by atoms with Crippen LogP contribution < -0.4 is 0 Å². The Balaban J connectivity index is 2.08. The number of benzene rings is 2. The molecule has 1 aromatic heterocycles. The summed E-state index contributed by atoms with van der Waals surface area (Å²) >= 11 is 0. The number of rotatable bonds is 1. The normalized spacial score (nSPS) is 13.7. The van der Waals surface area contributed by atoms with Crippen LogP contribution in [0.2, 0.25) is 0 Å². The zero-order valence-electron chi connectivity index (χ0n) is 11.6. The van der Waals surface area contributed by atoms with Crippen molar-refractivity contribution < 1.29 is 0 Å². The molecule has 1 heteroatoms. The molecule has 1 aliphatic rings. The smallest absolute Gasteiger partial charge is 0.0537 e. The van der Waals surface area contributed by atoms with E-state index >= 15 is 0 Å². The van der Waals surface area contributed by atoms with Crippen LogP contribution in [-0.4, -0.2) is 4.57 Å². The first-order chi connectivity index (χ1) is 9.84. The third-order valence-corrected chi connectivity index (χ3v) is 4.14. The Morgan fingerprint density at radius 1 is 0.950 bits per heavy atom. The maximum absolute atomic E-state index is 2.42. The lowest BCUT2D eigenvalue weighted by Gasteiger charge is -2.13. The predicted molar refractivity (Wildman–Crippen MR) is 85.4 cm³/mol. The van der Waals surface area contributed by atoms with E-state index in [1.54, 1.807) is 0 Å². The van der Waals surface area contributed by atoms with E-state index in [9.17, 15) is 0 Å². The van der Waals surface area contributed by atoms with E-state index in [0.717, 1.165) is 12.8 Å². The maximum Gasteiger partial charge on any atom is 0.0537 e. The third kappa shape index (κ3) is 1.63. The van der Waals surface area contributed by atoms with Gasteiger partial charge in [0.15, 0.2) is 0 Å². The molecule has 2 aromatic carbocycles. The van der Waals surface area contributed by atoms with Crippen molar-refractivity contribution >= 4 is 17.0 Å². The molecule has 0 unspecified atom stereocenters. The first-order valence-corrected chi connectivity index (χ1v) is 7.20. The van der Waals surface area contributed by atoms with Gasteiger partial charge in [0, 0.05) is 22.3 Å². The van der Waals surface area contributed by atoms with E-state index in [0.29, 0.717) is 0 Å². The van der Waals surface area contributed by atoms with Crippen molar-refractivity contribution in [3.63, 3.8) is 0 Å². The second-order valence-corrected chi connectivity index (χ2v) is 5.49. The molecule has 0 aliphatic heterocycles. The van der Waals surface area contributed by atoms with Crippen molar-refractivity contribution in [3.8, 4) is 5.69 Å². The van der Waals surface area contributed by atoms with Gasteiger partial charge in [0.25, 0.3) is 0 Å². The molecule has 0 fully saturated rings. The van der Waals surface area contributed by atoms with Crippen LogP contribution in [0, 0.1) is 6.92 Å². The highest BCUT2D eigenvalue weighted by Gasteiger charge is 2.17. The minimum atomic E-state index is 1.12. The van der Waals surface area contributed by atoms with E-state index in [-0.39, 0.29) is 0 Å². The Kier molecular flexibility index (Phi) is 2.53. The van der Waals surface area contributed by atoms with Gasteiger partial charge in [0.2, 0.25) is 0 Å². The summed E-state index contributed by atoms with van der Waals surface area (Å²) < 4.78 is 2.42.